The van der Waals surface area contributed by atoms with E-state index in [1.807, 2.05) is 0 Å². The molecule has 0 heterocycles. The standard InChI is InChI=1S/C12H11ClFN/c1-8-5-12(6-8,7-15)9-3-2-4-10(13)11(9)14/h2-4,8H,5-6H2,1H3. The van der Waals surface area contributed by atoms with E-state index in [0.29, 0.717) is 11.5 Å². The fraction of sp³-hybridized carbons (Fsp3) is 0.417. The second-order valence-electron chi connectivity index (χ2n) is 4.31. The van der Waals surface area contributed by atoms with Gasteiger partial charge in [0, 0.05) is 5.56 Å². The highest BCUT2D eigenvalue weighted by Crippen LogP contribution is 2.48. The second-order valence-corrected chi connectivity index (χ2v) is 4.72. The van der Waals surface area contributed by atoms with Crippen LogP contribution in [0.3, 0.4) is 0 Å². The van der Waals surface area contributed by atoms with Crippen molar-refractivity contribution in [2.45, 2.75) is 25.2 Å². The molecule has 2 rings (SSSR count). The number of rotatable bonds is 1. The molecule has 0 atom stereocenters. The minimum absolute atomic E-state index is 0.0988. The smallest absolute Gasteiger partial charge is 0.146 e. The zero-order valence-corrected chi connectivity index (χ0v) is 9.18. The number of benzene rings is 1. The van der Waals surface area contributed by atoms with Gasteiger partial charge in [-0.2, -0.15) is 5.26 Å². The van der Waals surface area contributed by atoms with Crippen LogP contribution in [0.1, 0.15) is 25.3 Å². The van der Waals surface area contributed by atoms with Gasteiger partial charge in [0.15, 0.2) is 0 Å². The van der Waals surface area contributed by atoms with Crippen molar-refractivity contribution in [2.24, 2.45) is 5.92 Å². The average molecular weight is 224 g/mol. The maximum absolute atomic E-state index is 13.7. The van der Waals surface area contributed by atoms with E-state index in [4.69, 9.17) is 16.9 Å². The first-order chi connectivity index (χ1) is 7.09. The lowest BCUT2D eigenvalue weighted by atomic mass is 9.60. The van der Waals surface area contributed by atoms with Crippen LogP contribution in [0.5, 0.6) is 0 Å². The van der Waals surface area contributed by atoms with Gasteiger partial charge in [0.05, 0.1) is 16.5 Å². The molecule has 3 heteroatoms. The highest BCUT2D eigenvalue weighted by atomic mass is 35.5. The topological polar surface area (TPSA) is 23.8 Å². The molecule has 0 spiro atoms. The first-order valence-electron chi connectivity index (χ1n) is 4.95. The first-order valence-corrected chi connectivity index (χ1v) is 5.32. The molecule has 0 amide bonds. The Morgan fingerprint density at radius 1 is 1.53 bits per heavy atom. The Balaban J connectivity index is 2.46. The molecule has 0 unspecified atom stereocenters. The number of nitriles is 1. The average Bonchev–Trinajstić information content (AvgIpc) is 2.17. The molecule has 1 aromatic rings. The van der Waals surface area contributed by atoms with E-state index in [2.05, 4.69) is 13.0 Å². The summed E-state index contributed by atoms with van der Waals surface area (Å²) in [5.74, 6) is 0.0515. The van der Waals surface area contributed by atoms with Crippen LogP contribution in [-0.2, 0) is 5.41 Å². The van der Waals surface area contributed by atoms with Crippen molar-refractivity contribution in [3.8, 4) is 6.07 Å². The van der Waals surface area contributed by atoms with Crippen LogP contribution in [0, 0.1) is 23.1 Å². The third-order valence-corrected chi connectivity index (χ3v) is 3.37. The molecule has 0 aromatic heterocycles. The number of hydrogen-bond acceptors (Lipinski definition) is 1. The fourth-order valence-corrected chi connectivity index (χ4v) is 2.55. The maximum Gasteiger partial charge on any atom is 0.146 e. The van der Waals surface area contributed by atoms with E-state index in [0.717, 1.165) is 12.8 Å². The van der Waals surface area contributed by atoms with Gasteiger partial charge in [-0.3, -0.25) is 0 Å². The van der Waals surface area contributed by atoms with Gasteiger partial charge in [-0.25, -0.2) is 4.39 Å². The van der Waals surface area contributed by atoms with Gasteiger partial charge in [0.2, 0.25) is 0 Å². The van der Waals surface area contributed by atoms with Crippen molar-refractivity contribution in [3.05, 3.63) is 34.6 Å². The Kier molecular flexibility index (Phi) is 2.44. The van der Waals surface area contributed by atoms with E-state index in [-0.39, 0.29) is 5.02 Å². The van der Waals surface area contributed by atoms with Crippen molar-refractivity contribution < 1.29 is 4.39 Å². The predicted octanol–water partition coefficient (Wildman–Crippen LogP) is 3.67. The van der Waals surface area contributed by atoms with Crippen LogP contribution < -0.4 is 0 Å². The SMILES string of the molecule is CC1CC(C#N)(c2cccc(Cl)c2F)C1. The van der Waals surface area contributed by atoms with Crippen LogP contribution >= 0.6 is 11.6 Å². The maximum atomic E-state index is 13.7. The van der Waals surface area contributed by atoms with Gasteiger partial charge in [-0.05, 0) is 24.8 Å². The van der Waals surface area contributed by atoms with Crippen molar-refractivity contribution in [1.82, 2.24) is 0 Å². The van der Waals surface area contributed by atoms with E-state index in [1.54, 1.807) is 12.1 Å². The molecule has 1 fully saturated rings. The first kappa shape index (κ1) is 10.4. The Hall–Kier alpha value is -1.07. The normalized spacial score (nSPS) is 29.3. The molecule has 0 N–H and O–H groups in total. The van der Waals surface area contributed by atoms with Gasteiger partial charge < -0.3 is 0 Å². The number of hydrogen-bond donors (Lipinski definition) is 0. The molecule has 0 aliphatic heterocycles. The van der Waals surface area contributed by atoms with Crippen LogP contribution in [0.25, 0.3) is 0 Å². The Bertz CT molecular complexity index is 430. The van der Waals surface area contributed by atoms with Crippen molar-refractivity contribution in [1.29, 1.82) is 5.26 Å². The summed E-state index contributed by atoms with van der Waals surface area (Å²) in [5.41, 5.74) is -0.190. The number of halogens is 2. The van der Waals surface area contributed by atoms with Gasteiger partial charge in [0.1, 0.15) is 5.82 Å². The Labute approximate surface area is 93.5 Å². The van der Waals surface area contributed by atoms with Gasteiger partial charge in [0.25, 0.3) is 0 Å². The summed E-state index contributed by atoms with van der Waals surface area (Å²) in [5, 5.41) is 9.26. The lowest BCUT2D eigenvalue weighted by Crippen LogP contribution is -2.39. The van der Waals surface area contributed by atoms with Crippen molar-refractivity contribution in [3.63, 3.8) is 0 Å². The van der Waals surface area contributed by atoms with Crippen molar-refractivity contribution in [2.75, 3.05) is 0 Å². The fourth-order valence-electron chi connectivity index (χ4n) is 2.37. The number of nitrogens with zero attached hydrogens (tertiary/aromatic N) is 1. The summed E-state index contributed by atoms with van der Waals surface area (Å²) in [4.78, 5) is 0. The summed E-state index contributed by atoms with van der Waals surface area (Å²) in [6.07, 6.45) is 1.45. The molecule has 1 aliphatic rings. The minimum Gasteiger partial charge on any atom is -0.205 e. The largest absolute Gasteiger partial charge is 0.205 e. The molecule has 0 bridgehead atoms. The molecule has 1 saturated carbocycles. The summed E-state index contributed by atoms with van der Waals surface area (Å²) in [6.45, 7) is 2.07. The summed E-state index contributed by atoms with van der Waals surface area (Å²) in [7, 11) is 0. The second kappa shape index (κ2) is 3.50. The van der Waals surface area contributed by atoms with Gasteiger partial charge in [-0.15, -0.1) is 0 Å². The molecule has 15 heavy (non-hydrogen) atoms. The Morgan fingerprint density at radius 2 is 2.20 bits per heavy atom. The summed E-state index contributed by atoms with van der Waals surface area (Å²) in [6, 6.07) is 7.10. The highest BCUT2D eigenvalue weighted by molar-refractivity contribution is 6.30. The molecule has 1 nitrogen and oxygen atoms in total. The highest BCUT2D eigenvalue weighted by Gasteiger charge is 2.45. The molecule has 0 radical (unpaired) electrons. The van der Waals surface area contributed by atoms with Crippen LogP contribution in [0.4, 0.5) is 4.39 Å². The van der Waals surface area contributed by atoms with E-state index in [9.17, 15) is 4.39 Å². The van der Waals surface area contributed by atoms with E-state index >= 15 is 0 Å². The van der Waals surface area contributed by atoms with E-state index in [1.165, 1.54) is 6.07 Å². The van der Waals surface area contributed by atoms with Crippen molar-refractivity contribution >= 4 is 11.6 Å². The lowest BCUT2D eigenvalue weighted by molar-refractivity contribution is 0.211. The third-order valence-electron chi connectivity index (χ3n) is 3.08. The monoisotopic (exact) mass is 223 g/mol. The molecule has 1 aromatic carbocycles. The zero-order valence-electron chi connectivity index (χ0n) is 8.43. The minimum atomic E-state index is -0.644. The quantitative estimate of drug-likeness (QED) is 0.713. The molecular formula is C12H11ClFN. The van der Waals surface area contributed by atoms with Gasteiger partial charge in [-0.1, -0.05) is 30.7 Å². The predicted molar refractivity (Wildman–Crippen MR) is 57.1 cm³/mol. The third kappa shape index (κ3) is 1.52. The summed E-state index contributed by atoms with van der Waals surface area (Å²) < 4.78 is 13.7. The van der Waals surface area contributed by atoms with Crippen LogP contribution in [0.15, 0.2) is 18.2 Å². The molecule has 78 valence electrons. The molecule has 1 aliphatic carbocycles. The lowest BCUT2D eigenvalue weighted by Gasteiger charge is -2.41. The molecular weight excluding hydrogens is 213 g/mol. The summed E-state index contributed by atoms with van der Waals surface area (Å²) >= 11 is 5.71. The van der Waals surface area contributed by atoms with Crippen LogP contribution in [0.2, 0.25) is 5.02 Å². The van der Waals surface area contributed by atoms with E-state index < -0.39 is 11.2 Å². The Morgan fingerprint density at radius 3 is 2.73 bits per heavy atom. The van der Waals surface area contributed by atoms with Crippen LogP contribution in [-0.4, -0.2) is 0 Å². The molecule has 0 saturated heterocycles. The zero-order chi connectivity index (χ0) is 11.1. The van der Waals surface area contributed by atoms with Gasteiger partial charge >= 0.3 is 0 Å².